The Bertz CT molecular complexity index is 658. The molecule has 0 aromatic heterocycles. The molecule has 1 saturated heterocycles. The summed E-state index contributed by atoms with van der Waals surface area (Å²) < 4.78 is 32.3. The topological polar surface area (TPSA) is 75.7 Å². The first-order chi connectivity index (χ1) is 10.4. The molecule has 1 fully saturated rings. The molecule has 0 spiro atoms. The van der Waals surface area contributed by atoms with Gasteiger partial charge in [-0.2, -0.15) is 4.31 Å². The normalized spacial score (nSPS) is 19.7. The molecule has 1 atom stereocenters. The Balaban J connectivity index is 2.40. The third-order valence-corrected chi connectivity index (χ3v) is 5.84. The monoisotopic (exact) mass is 326 g/mol. The van der Waals surface area contributed by atoms with Crippen LogP contribution in [0.25, 0.3) is 0 Å². The van der Waals surface area contributed by atoms with Gasteiger partial charge in [-0.05, 0) is 38.0 Å². The van der Waals surface area contributed by atoms with Crippen LogP contribution in [0.4, 0.5) is 5.69 Å². The lowest BCUT2D eigenvalue weighted by Gasteiger charge is -2.32. The number of nitrogens with one attached hydrogen (secondary N) is 1. The smallest absolute Gasteiger partial charge is 0.243 e. The van der Waals surface area contributed by atoms with Gasteiger partial charge in [0.05, 0.1) is 17.7 Å². The van der Waals surface area contributed by atoms with Gasteiger partial charge < -0.3 is 10.1 Å². The van der Waals surface area contributed by atoms with Gasteiger partial charge in [-0.1, -0.05) is 6.42 Å². The minimum atomic E-state index is -3.57. The van der Waals surface area contributed by atoms with Crippen LogP contribution in [0.5, 0.6) is 5.75 Å². The minimum absolute atomic E-state index is 0.00920. The fraction of sp³-hybridized carbons (Fsp3) is 0.533. The number of ether oxygens (including phenoxy) is 1. The number of hydrogen-bond donors (Lipinski definition) is 1. The molecule has 1 amide bonds. The summed E-state index contributed by atoms with van der Waals surface area (Å²) in [6.45, 7) is 3.83. The molecule has 6 nitrogen and oxygen atoms in total. The van der Waals surface area contributed by atoms with Gasteiger partial charge in [0.25, 0.3) is 0 Å². The van der Waals surface area contributed by atoms with Crippen LogP contribution < -0.4 is 10.1 Å². The van der Waals surface area contributed by atoms with Crippen LogP contribution in [0.2, 0.25) is 0 Å². The van der Waals surface area contributed by atoms with Crippen LogP contribution in [0.1, 0.15) is 33.1 Å². The maximum Gasteiger partial charge on any atom is 0.243 e. The van der Waals surface area contributed by atoms with E-state index in [0.717, 1.165) is 19.3 Å². The lowest BCUT2D eigenvalue weighted by atomic mass is 10.1. The highest BCUT2D eigenvalue weighted by Gasteiger charge is 2.31. The summed E-state index contributed by atoms with van der Waals surface area (Å²) in [5.41, 5.74) is 0.362. The lowest BCUT2D eigenvalue weighted by Crippen LogP contribution is -2.41. The number of methoxy groups -OCH3 is 1. The van der Waals surface area contributed by atoms with Crippen molar-refractivity contribution in [2.75, 3.05) is 19.0 Å². The van der Waals surface area contributed by atoms with Crippen LogP contribution in [-0.4, -0.2) is 38.3 Å². The Morgan fingerprint density at radius 1 is 1.36 bits per heavy atom. The van der Waals surface area contributed by atoms with E-state index in [0.29, 0.717) is 18.0 Å². The molecule has 1 aromatic rings. The predicted molar refractivity (Wildman–Crippen MR) is 84.5 cm³/mol. The molecule has 0 aliphatic carbocycles. The molecule has 0 saturated carbocycles. The van der Waals surface area contributed by atoms with Gasteiger partial charge in [0.15, 0.2) is 0 Å². The summed E-state index contributed by atoms with van der Waals surface area (Å²) in [6, 6.07) is 4.52. The average molecular weight is 326 g/mol. The quantitative estimate of drug-likeness (QED) is 0.920. The molecule has 1 aromatic carbocycles. The molecule has 1 aliphatic rings. The summed E-state index contributed by atoms with van der Waals surface area (Å²) >= 11 is 0. The van der Waals surface area contributed by atoms with Crippen LogP contribution in [0.3, 0.4) is 0 Å². The number of carbonyl (C=O) groups excluding carboxylic acids is 1. The summed E-state index contributed by atoms with van der Waals surface area (Å²) in [6.07, 6.45) is 2.79. The maximum atomic E-state index is 12.8. The molecule has 1 aliphatic heterocycles. The molecule has 0 bridgehead atoms. The van der Waals surface area contributed by atoms with E-state index in [-0.39, 0.29) is 16.8 Å². The van der Waals surface area contributed by atoms with Crippen LogP contribution in [0.15, 0.2) is 23.1 Å². The zero-order chi connectivity index (χ0) is 16.3. The first-order valence-corrected chi connectivity index (χ1v) is 8.77. The number of amides is 1. The van der Waals surface area contributed by atoms with Gasteiger partial charge in [-0.3, -0.25) is 4.79 Å². The Morgan fingerprint density at radius 2 is 2.09 bits per heavy atom. The molecule has 122 valence electrons. The molecular formula is C15H22N2O4S. The first-order valence-electron chi connectivity index (χ1n) is 7.33. The van der Waals surface area contributed by atoms with Crippen molar-refractivity contribution in [2.45, 2.75) is 44.0 Å². The second-order valence-corrected chi connectivity index (χ2v) is 7.39. The SMILES string of the molecule is COc1ccc(S(=O)(=O)N2CCCCC2C)cc1NC(C)=O. The number of carbonyl (C=O) groups is 1. The Hall–Kier alpha value is -1.60. The van der Waals surface area contributed by atoms with E-state index in [9.17, 15) is 13.2 Å². The third-order valence-electron chi connectivity index (χ3n) is 3.83. The highest BCUT2D eigenvalue weighted by molar-refractivity contribution is 7.89. The van der Waals surface area contributed by atoms with E-state index in [1.807, 2.05) is 6.92 Å². The Kier molecular flexibility index (Phi) is 5.08. The van der Waals surface area contributed by atoms with E-state index in [1.165, 1.54) is 30.5 Å². The molecular weight excluding hydrogens is 304 g/mol. The number of nitrogens with zero attached hydrogens (tertiary/aromatic N) is 1. The van der Waals surface area contributed by atoms with E-state index in [1.54, 1.807) is 6.07 Å². The number of benzene rings is 1. The number of piperidine rings is 1. The average Bonchev–Trinajstić information content (AvgIpc) is 2.46. The second kappa shape index (κ2) is 6.66. The maximum absolute atomic E-state index is 12.8. The van der Waals surface area contributed by atoms with Crippen LogP contribution in [-0.2, 0) is 14.8 Å². The highest BCUT2D eigenvalue weighted by Crippen LogP contribution is 2.31. The summed E-state index contributed by atoms with van der Waals surface area (Å²) in [5.74, 6) is 0.153. The third kappa shape index (κ3) is 3.41. The Labute approximate surface area is 131 Å². The second-order valence-electron chi connectivity index (χ2n) is 5.50. The van der Waals surface area contributed by atoms with E-state index >= 15 is 0 Å². The van der Waals surface area contributed by atoms with Gasteiger partial charge in [0.1, 0.15) is 5.75 Å². The van der Waals surface area contributed by atoms with Gasteiger partial charge in [0, 0.05) is 19.5 Å². The van der Waals surface area contributed by atoms with E-state index < -0.39 is 10.0 Å². The standard InChI is InChI=1S/C15H22N2O4S/c1-11-6-4-5-9-17(11)22(19,20)13-7-8-15(21-3)14(10-13)16-12(2)18/h7-8,10-11H,4-6,9H2,1-3H3,(H,16,18). The molecule has 1 N–H and O–H groups in total. The molecule has 1 unspecified atom stereocenters. The number of anilines is 1. The summed E-state index contributed by atoms with van der Waals surface area (Å²) in [5, 5.41) is 2.60. The number of hydrogen-bond acceptors (Lipinski definition) is 4. The zero-order valence-corrected chi connectivity index (χ0v) is 13.9. The molecule has 7 heteroatoms. The summed E-state index contributed by atoms with van der Waals surface area (Å²) in [7, 11) is -2.09. The van der Waals surface area contributed by atoms with Crippen molar-refractivity contribution >= 4 is 21.6 Å². The van der Waals surface area contributed by atoms with Crippen molar-refractivity contribution in [3.05, 3.63) is 18.2 Å². The van der Waals surface area contributed by atoms with Gasteiger partial charge >= 0.3 is 0 Å². The zero-order valence-electron chi connectivity index (χ0n) is 13.1. The predicted octanol–water partition coefficient (Wildman–Crippen LogP) is 2.22. The van der Waals surface area contributed by atoms with Crippen molar-refractivity contribution in [2.24, 2.45) is 0 Å². The molecule has 1 heterocycles. The lowest BCUT2D eigenvalue weighted by molar-refractivity contribution is -0.114. The number of rotatable bonds is 4. The van der Waals surface area contributed by atoms with Gasteiger partial charge in [0.2, 0.25) is 15.9 Å². The summed E-state index contributed by atoms with van der Waals surface area (Å²) in [4.78, 5) is 11.4. The van der Waals surface area contributed by atoms with Crippen LogP contribution >= 0.6 is 0 Å². The van der Waals surface area contributed by atoms with Crippen molar-refractivity contribution < 1.29 is 17.9 Å². The van der Waals surface area contributed by atoms with Gasteiger partial charge in [-0.15, -0.1) is 0 Å². The van der Waals surface area contributed by atoms with Crippen molar-refractivity contribution in [1.29, 1.82) is 0 Å². The fourth-order valence-corrected chi connectivity index (χ4v) is 4.43. The van der Waals surface area contributed by atoms with E-state index in [2.05, 4.69) is 5.32 Å². The molecule has 22 heavy (non-hydrogen) atoms. The number of sulfonamides is 1. The largest absolute Gasteiger partial charge is 0.495 e. The fourth-order valence-electron chi connectivity index (χ4n) is 2.70. The van der Waals surface area contributed by atoms with Crippen molar-refractivity contribution in [3.8, 4) is 5.75 Å². The first kappa shape index (κ1) is 16.8. The Morgan fingerprint density at radius 3 is 2.68 bits per heavy atom. The minimum Gasteiger partial charge on any atom is -0.495 e. The highest BCUT2D eigenvalue weighted by atomic mass is 32.2. The molecule has 0 radical (unpaired) electrons. The van der Waals surface area contributed by atoms with Gasteiger partial charge in [-0.25, -0.2) is 8.42 Å². The van der Waals surface area contributed by atoms with Crippen molar-refractivity contribution in [3.63, 3.8) is 0 Å². The van der Waals surface area contributed by atoms with Crippen molar-refractivity contribution in [1.82, 2.24) is 4.31 Å². The molecule has 2 rings (SSSR count). The van der Waals surface area contributed by atoms with E-state index in [4.69, 9.17) is 4.74 Å². The van der Waals surface area contributed by atoms with Crippen LogP contribution in [0, 0.1) is 0 Å².